The van der Waals surface area contributed by atoms with Crippen LogP contribution in [0.2, 0.25) is 0 Å². The average Bonchev–Trinajstić information content (AvgIpc) is 2.34. The van der Waals surface area contributed by atoms with Crippen LogP contribution in [0.5, 0.6) is 0 Å². The van der Waals surface area contributed by atoms with Crippen LogP contribution in [0.1, 0.15) is 38.7 Å². The molecule has 104 valence electrons. The van der Waals surface area contributed by atoms with Gasteiger partial charge in [0, 0.05) is 23.4 Å². The second-order valence-electron chi connectivity index (χ2n) is 5.85. The topological polar surface area (TPSA) is 55.2 Å². The molecule has 0 aromatic heterocycles. The summed E-state index contributed by atoms with van der Waals surface area (Å²) in [4.78, 5) is 10.6. The first kappa shape index (κ1) is 13.8. The minimum absolute atomic E-state index is 0.196. The fraction of sp³-hybridized carbons (Fsp3) is 0.600. The molecule has 0 amide bonds. The molecular weight excluding hydrogens is 240 g/mol. The molecule has 4 nitrogen and oxygen atoms in total. The molecule has 1 saturated carbocycles. The Morgan fingerprint density at radius 3 is 2.68 bits per heavy atom. The van der Waals surface area contributed by atoms with Crippen molar-refractivity contribution in [1.82, 2.24) is 0 Å². The summed E-state index contributed by atoms with van der Waals surface area (Å²) in [6.07, 6.45) is 3.60. The number of rotatable bonds is 3. The maximum absolute atomic E-state index is 11.0. The summed E-state index contributed by atoms with van der Waals surface area (Å²) in [6.45, 7) is 6.38. The van der Waals surface area contributed by atoms with Crippen molar-refractivity contribution in [1.29, 1.82) is 0 Å². The van der Waals surface area contributed by atoms with Crippen molar-refractivity contribution in [3.05, 3.63) is 33.9 Å². The first-order chi connectivity index (χ1) is 8.99. The third-order valence-electron chi connectivity index (χ3n) is 4.27. The van der Waals surface area contributed by atoms with Crippen molar-refractivity contribution in [3.63, 3.8) is 0 Å². The molecule has 0 radical (unpaired) electrons. The fourth-order valence-electron chi connectivity index (χ4n) is 3.06. The molecule has 1 aliphatic rings. The molecule has 0 spiro atoms. The van der Waals surface area contributed by atoms with Gasteiger partial charge in [-0.25, -0.2) is 0 Å². The van der Waals surface area contributed by atoms with Crippen LogP contribution >= 0.6 is 0 Å². The molecule has 0 bridgehead atoms. The van der Waals surface area contributed by atoms with Gasteiger partial charge in [0.2, 0.25) is 0 Å². The highest BCUT2D eigenvalue weighted by atomic mass is 16.6. The van der Waals surface area contributed by atoms with Gasteiger partial charge in [-0.1, -0.05) is 19.9 Å². The summed E-state index contributed by atoms with van der Waals surface area (Å²) in [5.41, 5.74) is 1.83. The minimum atomic E-state index is -0.313. The summed E-state index contributed by atoms with van der Waals surface area (Å²) >= 11 is 0. The molecule has 1 fully saturated rings. The van der Waals surface area contributed by atoms with Crippen molar-refractivity contribution in [2.45, 2.75) is 46.1 Å². The summed E-state index contributed by atoms with van der Waals surface area (Å²) in [6, 6.07) is 5.68. The van der Waals surface area contributed by atoms with Gasteiger partial charge >= 0.3 is 0 Å². The summed E-state index contributed by atoms with van der Waals surface area (Å²) < 4.78 is 0. The van der Waals surface area contributed by atoms with Crippen LogP contribution in [0, 0.1) is 28.9 Å². The summed E-state index contributed by atoms with van der Waals surface area (Å²) in [5, 5.41) is 14.5. The molecule has 1 aliphatic carbocycles. The minimum Gasteiger partial charge on any atom is -0.382 e. The van der Waals surface area contributed by atoms with Crippen LogP contribution in [0.4, 0.5) is 11.4 Å². The smallest absolute Gasteiger partial charge is 0.274 e. The van der Waals surface area contributed by atoms with Gasteiger partial charge in [0.15, 0.2) is 0 Å². The van der Waals surface area contributed by atoms with Gasteiger partial charge in [-0.2, -0.15) is 0 Å². The molecule has 1 N–H and O–H groups in total. The van der Waals surface area contributed by atoms with Crippen LogP contribution < -0.4 is 5.32 Å². The van der Waals surface area contributed by atoms with E-state index < -0.39 is 0 Å². The Morgan fingerprint density at radius 1 is 1.32 bits per heavy atom. The van der Waals surface area contributed by atoms with Gasteiger partial charge in [0.1, 0.15) is 0 Å². The van der Waals surface area contributed by atoms with Crippen LogP contribution in [-0.2, 0) is 0 Å². The first-order valence-electron chi connectivity index (χ1n) is 6.99. The third-order valence-corrected chi connectivity index (χ3v) is 4.27. The molecule has 19 heavy (non-hydrogen) atoms. The largest absolute Gasteiger partial charge is 0.382 e. The third kappa shape index (κ3) is 3.06. The van der Waals surface area contributed by atoms with E-state index in [4.69, 9.17) is 0 Å². The van der Waals surface area contributed by atoms with Crippen molar-refractivity contribution >= 4 is 11.4 Å². The van der Waals surface area contributed by atoms with Crippen molar-refractivity contribution in [3.8, 4) is 0 Å². The lowest BCUT2D eigenvalue weighted by Gasteiger charge is -2.34. The molecule has 3 atom stereocenters. The monoisotopic (exact) mass is 262 g/mol. The highest BCUT2D eigenvalue weighted by molar-refractivity contribution is 5.60. The molecule has 0 aliphatic heterocycles. The average molecular weight is 262 g/mol. The Labute approximate surface area is 114 Å². The van der Waals surface area contributed by atoms with Crippen molar-refractivity contribution in [2.75, 3.05) is 5.32 Å². The standard InChI is InChI=1S/C15H22N2O2/c1-10-7-8-13(11(2)9-10)16-14-5-4-6-15(12(14)3)17(18)19/h4-6,10-11,13,16H,7-9H2,1-3H3. The van der Waals surface area contributed by atoms with E-state index in [1.807, 2.05) is 13.0 Å². The fourth-order valence-corrected chi connectivity index (χ4v) is 3.06. The second kappa shape index (κ2) is 5.59. The van der Waals surface area contributed by atoms with Gasteiger partial charge in [-0.15, -0.1) is 0 Å². The number of hydrogen-bond donors (Lipinski definition) is 1. The number of nitrogens with one attached hydrogen (secondary N) is 1. The van der Waals surface area contributed by atoms with Crippen molar-refractivity contribution in [2.24, 2.45) is 11.8 Å². The summed E-state index contributed by atoms with van der Waals surface area (Å²) in [7, 11) is 0. The van der Waals surface area contributed by atoms with E-state index >= 15 is 0 Å². The lowest BCUT2D eigenvalue weighted by molar-refractivity contribution is -0.385. The van der Waals surface area contributed by atoms with Crippen LogP contribution in [0.3, 0.4) is 0 Å². The number of nitro groups is 1. The second-order valence-corrected chi connectivity index (χ2v) is 5.85. The zero-order valence-corrected chi connectivity index (χ0v) is 11.8. The van der Waals surface area contributed by atoms with Gasteiger partial charge in [-0.3, -0.25) is 10.1 Å². The molecule has 0 saturated heterocycles. The van der Waals surface area contributed by atoms with E-state index in [1.54, 1.807) is 12.1 Å². The van der Waals surface area contributed by atoms with Crippen molar-refractivity contribution < 1.29 is 4.92 Å². The maximum atomic E-state index is 11.0. The zero-order valence-electron chi connectivity index (χ0n) is 11.8. The zero-order chi connectivity index (χ0) is 14.0. The number of benzene rings is 1. The van der Waals surface area contributed by atoms with E-state index in [9.17, 15) is 10.1 Å². The number of nitrogens with zero attached hydrogens (tertiary/aromatic N) is 1. The highest BCUT2D eigenvalue weighted by Gasteiger charge is 2.26. The highest BCUT2D eigenvalue weighted by Crippen LogP contribution is 2.33. The SMILES string of the molecule is Cc1c(NC2CCC(C)CC2C)cccc1[N+](=O)[O-]. The maximum Gasteiger partial charge on any atom is 0.274 e. The number of hydrogen-bond acceptors (Lipinski definition) is 3. The van der Waals surface area contributed by atoms with Crippen LogP contribution in [0.25, 0.3) is 0 Å². The first-order valence-corrected chi connectivity index (χ1v) is 6.99. The molecule has 1 aromatic rings. The Morgan fingerprint density at radius 2 is 2.05 bits per heavy atom. The molecule has 4 heteroatoms. The van der Waals surface area contributed by atoms with Crippen LogP contribution in [-0.4, -0.2) is 11.0 Å². The lowest BCUT2D eigenvalue weighted by atomic mass is 9.80. The molecule has 0 heterocycles. The lowest BCUT2D eigenvalue weighted by Crippen LogP contribution is -2.33. The normalized spacial score (nSPS) is 27.0. The molecule has 1 aromatic carbocycles. The van der Waals surface area contributed by atoms with E-state index in [0.29, 0.717) is 12.0 Å². The Bertz CT molecular complexity index is 473. The number of nitro benzene ring substituents is 1. The van der Waals surface area contributed by atoms with E-state index in [-0.39, 0.29) is 10.6 Å². The molecule has 3 unspecified atom stereocenters. The Balaban J connectivity index is 2.15. The Hall–Kier alpha value is -1.58. The van der Waals surface area contributed by atoms with Gasteiger partial charge in [0.25, 0.3) is 5.69 Å². The van der Waals surface area contributed by atoms with E-state index in [2.05, 4.69) is 19.2 Å². The Kier molecular flexibility index (Phi) is 4.08. The molecule has 2 rings (SSSR count). The predicted molar refractivity (Wildman–Crippen MR) is 77.4 cm³/mol. The quantitative estimate of drug-likeness (QED) is 0.658. The van der Waals surface area contributed by atoms with Gasteiger partial charge in [-0.05, 0) is 44.1 Å². The summed E-state index contributed by atoms with van der Waals surface area (Å²) in [5.74, 6) is 1.40. The van der Waals surface area contributed by atoms with E-state index in [0.717, 1.165) is 23.6 Å². The molecular formula is C15H22N2O2. The number of anilines is 1. The van der Waals surface area contributed by atoms with E-state index in [1.165, 1.54) is 12.8 Å². The van der Waals surface area contributed by atoms with Crippen LogP contribution in [0.15, 0.2) is 18.2 Å². The van der Waals surface area contributed by atoms with Gasteiger partial charge < -0.3 is 5.32 Å². The van der Waals surface area contributed by atoms with Gasteiger partial charge in [0.05, 0.1) is 4.92 Å². The predicted octanol–water partition coefficient (Wildman–Crippen LogP) is 4.14.